The maximum Gasteiger partial charge on any atom is 0.0465 e. The van der Waals surface area contributed by atoms with Crippen molar-refractivity contribution in [3.05, 3.63) is 24.3 Å². The maximum atomic E-state index is 8.68. The second-order valence-electron chi connectivity index (χ2n) is 3.98. The van der Waals surface area contributed by atoms with Crippen molar-refractivity contribution < 1.29 is 5.11 Å². The Bertz CT molecular complexity index is 160. The van der Waals surface area contributed by atoms with E-state index in [0.29, 0.717) is 0 Å². The number of hydrogen-bond acceptors (Lipinski definition) is 1. The van der Waals surface area contributed by atoms with Gasteiger partial charge in [0.2, 0.25) is 0 Å². The summed E-state index contributed by atoms with van der Waals surface area (Å²) < 4.78 is 0. The molecule has 0 bridgehead atoms. The van der Waals surface area contributed by atoms with Crippen LogP contribution < -0.4 is 0 Å². The van der Waals surface area contributed by atoms with Crippen molar-refractivity contribution in [2.45, 2.75) is 33.6 Å². The predicted octanol–water partition coefficient (Wildman–Crippen LogP) is 2.92. The monoisotopic (exact) mass is 168 g/mol. The molecule has 0 radical (unpaired) electrons. The van der Waals surface area contributed by atoms with E-state index < -0.39 is 0 Å². The second-order valence-corrected chi connectivity index (χ2v) is 3.98. The summed E-state index contributed by atoms with van der Waals surface area (Å²) in [6.07, 6.45) is 5.69. The van der Waals surface area contributed by atoms with E-state index in [9.17, 15) is 0 Å². The van der Waals surface area contributed by atoms with Crippen LogP contribution >= 0.6 is 0 Å². The molecule has 70 valence electrons. The summed E-state index contributed by atoms with van der Waals surface area (Å²) in [7, 11) is 0. The van der Waals surface area contributed by atoms with Crippen molar-refractivity contribution in [3.8, 4) is 0 Å². The molecular weight excluding hydrogens is 148 g/mol. The Morgan fingerprint density at radius 2 is 2.00 bits per heavy atom. The Morgan fingerprint density at radius 3 is 2.33 bits per heavy atom. The standard InChI is InChI=1S/C11H20O/c1-5-7-10(8-6-9-12)11(2,3)4/h5,8,12H,1,6-7,9H2,2-4H3/b10-8-. The van der Waals surface area contributed by atoms with E-state index in [1.165, 1.54) is 5.57 Å². The van der Waals surface area contributed by atoms with Gasteiger partial charge in [0.15, 0.2) is 0 Å². The fourth-order valence-electron chi connectivity index (χ4n) is 1.09. The van der Waals surface area contributed by atoms with Gasteiger partial charge in [-0.05, 0) is 18.3 Å². The quantitative estimate of drug-likeness (QED) is 0.640. The van der Waals surface area contributed by atoms with Crippen LogP contribution in [0.25, 0.3) is 0 Å². The Hall–Kier alpha value is -0.560. The summed E-state index contributed by atoms with van der Waals surface area (Å²) in [6, 6.07) is 0. The van der Waals surface area contributed by atoms with E-state index in [-0.39, 0.29) is 12.0 Å². The van der Waals surface area contributed by atoms with Crippen LogP contribution in [0, 0.1) is 5.41 Å². The summed E-state index contributed by atoms with van der Waals surface area (Å²) in [5.74, 6) is 0. The first-order valence-electron chi connectivity index (χ1n) is 4.43. The van der Waals surface area contributed by atoms with Gasteiger partial charge in [-0.15, -0.1) is 6.58 Å². The third kappa shape index (κ3) is 4.35. The molecule has 0 aliphatic heterocycles. The molecule has 0 aromatic carbocycles. The molecule has 12 heavy (non-hydrogen) atoms. The lowest BCUT2D eigenvalue weighted by molar-refractivity contribution is 0.301. The van der Waals surface area contributed by atoms with Gasteiger partial charge in [0.25, 0.3) is 0 Å². The molecule has 0 fully saturated rings. The van der Waals surface area contributed by atoms with E-state index in [4.69, 9.17) is 5.11 Å². The Balaban J connectivity index is 4.31. The third-order valence-corrected chi connectivity index (χ3v) is 1.85. The normalized spacial score (nSPS) is 13.2. The van der Waals surface area contributed by atoms with E-state index in [1.54, 1.807) is 0 Å². The minimum atomic E-state index is 0.198. The van der Waals surface area contributed by atoms with Crippen LogP contribution in [0.3, 0.4) is 0 Å². The molecule has 0 aromatic rings. The predicted molar refractivity (Wildman–Crippen MR) is 54.1 cm³/mol. The molecule has 0 saturated heterocycles. The Kier molecular flexibility index (Phi) is 4.91. The van der Waals surface area contributed by atoms with Crippen molar-refractivity contribution in [2.75, 3.05) is 6.61 Å². The number of rotatable bonds is 4. The van der Waals surface area contributed by atoms with Crippen LogP contribution in [-0.2, 0) is 0 Å². The summed E-state index contributed by atoms with van der Waals surface area (Å²) in [6.45, 7) is 10.5. The summed E-state index contributed by atoms with van der Waals surface area (Å²) in [5.41, 5.74) is 1.55. The minimum absolute atomic E-state index is 0.198. The van der Waals surface area contributed by atoms with E-state index in [2.05, 4.69) is 33.4 Å². The van der Waals surface area contributed by atoms with Crippen LogP contribution in [0.15, 0.2) is 24.3 Å². The van der Waals surface area contributed by atoms with E-state index in [1.807, 2.05) is 6.08 Å². The van der Waals surface area contributed by atoms with Crippen LogP contribution in [-0.4, -0.2) is 11.7 Å². The van der Waals surface area contributed by atoms with Gasteiger partial charge < -0.3 is 5.11 Å². The highest BCUT2D eigenvalue weighted by Crippen LogP contribution is 2.28. The third-order valence-electron chi connectivity index (χ3n) is 1.85. The lowest BCUT2D eigenvalue weighted by Crippen LogP contribution is -2.09. The highest BCUT2D eigenvalue weighted by molar-refractivity contribution is 5.13. The van der Waals surface area contributed by atoms with Crippen LogP contribution in [0.5, 0.6) is 0 Å². The van der Waals surface area contributed by atoms with E-state index in [0.717, 1.165) is 12.8 Å². The fraction of sp³-hybridized carbons (Fsp3) is 0.636. The lowest BCUT2D eigenvalue weighted by Gasteiger charge is -2.22. The molecule has 1 heteroatoms. The SMILES string of the molecule is C=CC/C(=C/CCO)C(C)(C)C. The molecule has 0 rings (SSSR count). The van der Waals surface area contributed by atoms with Gasteiger partial charge in [-0.1, -0.05) is 38.5 Å². The minimum Gasteiger partial charge on any atom is -0.396 e. The van der Waals surface area contributed by atoms with Crippen molar-refractivity contribution >= 4 is 0 Å². The highest BCUT2D eigenvalue weighted by atomic mass is 16.2. The highest BCUT2D eigenvalue weighted by Gasteiger charge is 2.14. The summed E-state index contributed by atoms with van der Waals surface area (Å²) in [4.78, 5) is 0. The van der Waals surface area contributed by atoms with Crippen LogP contribution in [0.4, 0.5) is 0 Å². The van der Waals surface area contributed by atoms with Crippen molar-refractivity contribution in [3.63, 3.8) is 0 Å². The first-order chi connectivity index (χ1) is 5.52. The molecule has 1 N–H and O–H groups in total. The average molecular weight is 168 g/mol. The molecular formula is C11H20O. The smallest absolute Gasteiger partial charge is 0.0465 e. The van der Waals surface area contributed by atoms with Gasteiger partial charge in [-0.2, -0.15) is 0 Å². The summed E-state index contributed by atoms with van der Waals surface area (Å²) >= 11 is 0. The molecule has 0 unspecified atom stereocenters. The molecule has 0 saturated carbocycles. The van der Waals surface area contributed by atoms with Gasteiger partial charge in [-0.25, -0.2) is 0 Å². The molecule has 0 aliphatic rings. The van der Waals surface area contributed by atoms with Gasteiger partial charge >= 0.3 is 0 Å². The zero-order chi connectivity index (χ0) is 9.61. The molecule has 0 spiro atoms. The summed E-state index contributed by atoms with van der Waals surface area (Å²) in [5, 5.41) is 8.68. The molecule has 0 aliphatic carbocycles. The van der Waals surface area contributed by atoms with Crippen LogP contribution in [0.1, 0.15) is 33.6 Å². The first-order valence-corrected chi connectivity index (χ1v) is 4.43. The molecule has 0 amide bonds. The average Bonchev–Trinajstić information content (AvgIpc) is 1.95. The topological polar surface area (TPSA) is 20.2 Å². The van der Waals surface area contributed by atoms with Crippen molar-refractivity contribution in [1.29, 1.82) is 0 Å². The molecule has 0 aromatic heterocycles. The van der Waals surface area contributed by atoms with Gasteiger partial charge in [0, 0.05) is 6.61 Å². The molecule has 0 heterocycles. The zero-order valence-electron chi connectivity index (χ0n) is 8.43. The number of aliphatic hydroxyl groups is 1. The second kappa shape index (κ2) is 5.15. The van der Waals surface area contributed by atoms with Crippen molar-refractivity contribution in [1.82, 2.24) is 0 Å². The Morgan fingerprint density at radius 1 is 1.42 bits per heavy atom. The number of hydrogen-bond donors (Lipinski definition) is 1. The van der Waals surface area contributed by atoms with Crippen LogP contribution in [0.2, 0.25) is 0 Å². The lowest BCUT2D eigenvalue weighted by atomic mass is 9.84. The number of aliphatic hydroxyl groups excluding tert-OH is 1. The maximum absolute atomic E-state index is 8.68. The zero-order valence-corrected chi connectivity index (χ0v) is 8.43. The largest absolute Gasteiger partial charge is 0.396 e. The van der Waals surface area contributed by atoms with Gasteiger partial charge in [0.1, 0.15) is 0 Å². The van der Waals surface area contributed by atoms with E-state index >= 15 is 0 Å². The Labute approximate surface area is 75.8 Å². The first kappa shape index (κ1) is 11.4. The van der Waals surface area contributed by atoms with Gasteiger partial charge in [-0.3, -0.25) is 0 Å². The van der Waals surface area contributed by atoms with Crippen molar-refractivity contribution in [2.24, 2.45) is 5.41 Å². The number of allylic oxidation sites excluding steroid dienone is 2. The fourth-order valence-corrected chi connectivity index (χ4v) is 1.09. The van der Waals surface area contributed by atoms with Gasteiger partial charge in [0.05, 0.1) is 0 Å². The molecule has 1 nitrogen and oxygen atoms in total. The molecule has 0 atom stereocenters.